The van der Waals surface area contributed by atoms with Gasteiger partial charge in [-0.1, -0.05) is 39.0 Å². The second-order valence-corrected chi connectivity index (χ2v) is 4.26. The molecule has 1 atom stereocenters. The van der Waals surface area contributed by atoms with E-state index in [9.17, 15) is 9.59 Å². The van der Waals surface area contributed by atoms with Crippen molar-refractivity contribution in [2.45, 2.75) is 59.3 Å². The summed E-state index contributed by atoms with van der Waals surface area (Å²) >= 11 is 0. The Labute approximate surface area is 87.1 Å². The van der Waals surface area contributed by atoms with Crippen LogP contribution in [0.5, 0.6) is 0 Å². The van der Waals surface area contributed by atoms with Gasteiger partial charge in [-0.15, -0.1) is 0 Å². The molecule has 0 saturated heterocycles. The fourth-order valence-electron chi connectivity index (χ4n) is 1.41. The minimum Gasteiger partial charge on any atom is -0.302 e. The monoisotopic (exact) mass is 198 g/mol. The molecule has 0 bridgehead atoms. The first-order chi connectivity index (χ1) is 6.56. The van der Waals surface area contributed by atoms with Crippen LogP contribution in [0.15, 0.2) is 0 Å². The molecule has 1 unspecified atom stereocenters. The van der Waals surface area contributed by atoms with Gasteiger partial charge in [0, 0.05) is 0 Å². The first kappa shape index (κ1) is 13.3. The highest BCUT2D eigenvalue weighted by Crippen LogP contribution is 2.23. The van der Waals surface area contributed by atoms with Gasteiger partial charge in [0.15, 0.2) is 0 Å². The van der Waals surface area contributed by atoms with Crippen LogP contribution in [-0.4, -0.2) is 12.1 Å². The molecule has 0 fully saturated rings. The maximum Gasteiger partial charge on any atom is 0.142 e. The Morgan fingerprint density at radius 3 is 2.21 bits per heavy atom. The molecule has 2 nitrogen and oxygen atoms in total. The van der Waals surface area contributed by atoms with Gasteiger partial charge >= 0.3 is 0 Å². The number of aldehydes is 1. The van der Waals surface area contributed by atoms with Crippen LogP contribution in [0.25, 0.3) is 0 Å². The minimum atomic E-state index is -0.730. The Bertz CT molecular complexity index is 187. The van der Waals surface area contributed by atoms with Crippen molar-refractivity contribution in [1.29, 1.82) is 0 Å². The predicted molar refractivity (Wildman–Crippen MR) is 58.2 cm³/mol. The molecule has 0 N–H and O–H groups in total. The van der Waals surface area contributed by atoms with Gasteiger partial charge in [0.05, 0.1) is 5.41 Å². The Hall–Kier alpha value is -0.660. The van der Waals surface area contributed by atoms with Crippen LogP contribution in [0, 0.1) is 5.41 Å². The van der Waals surface area contributed by atoms with Crippen LogP contribution in [0.3, 0.4) is 0 Å². The third kappa shape index (κ3) is 4.54. The first-order valence-corrected chi connectivity index (χ1v) is 5.54. The van der Waals surface area contributed by atoms with Crippen molar-refractivity contribution in [3.05, 3.63) is 0 Å². The summed E-state index contributed by atoms with van der Waals surface area (Å²) in [6.07, 6.45) is 7.29. The number of carbonyl (C=O) groups is 2. The molecule has 0 rings (SSSR count). The molecule has 0 aromatic rings. The summed E-state index contributed by atoms with van der Waals surface area (Å²) in [6.45, 7) is 5.41. The zero-order chi connectivity index (χ0) is 11.0. The quantitative estimate of drug-likeness (QED) is 0.341. The van der Waals surface area contributed by atoms with E-state index in [2.05, 4.69) is 6.92 Å². The maximum absolute atomic E-state index is 11.2. The fraction of sp³-hybridized carbons (Fsp3) is 0.833. The molecule has 0 radical (unpaired) electrons. The van der Waals surface area contributed by atoms with E-state index in [1.807, 2.05) is 0 Å². The van der Waals surface area contributed by atoms with Gasteiger partial charge < -0.3 is 4.79 Å². The third-order valence-corrected chi connectivity index (χ3v) is 2.86. The summed E-state index contributed by atoms with van der Waals surface area (Å²) in [7, 11) is 0. The molecule has 0 aromatic carbocycles. The topological polar surface area (TPSA) is 34.1 Å². The summed E-state index contributed by atoms with van der Waals surface area (Å²) in [5.74, 6) is -0.0111. The van der Waals surface area contributed by atoms with Crippen molar-refractivity contribution < 1.29 is 9.59 Å². The van der Waals surface area contributed by atoms with Crippen LogP contribution in [-0.2, 0) is 9.59 Å². The fourth-order valence-corrected chi connectivity index (χ4v) is 1.41. The summed E-state index contributed by atoms with van der Waals surface area (Å²) < 4.78 is 0. The van der Waals surface area contributed by atoms with E-state index in [0.717, 1.165) is 19.1 Å². The standard InChI is InChI=1S/C12H22O2/c1-4-5-6-7-8-9-12(3,10-13)11(2)14/h10H,4-9H2,1-3H3. The molecule has 0 aliphatic carbocycles. The Kier molecular flexibility index (Phi) is 6.43. The molecule has 0 aromatic heterocycles. The van der Waals surface area contributed by atoms with Gasteiger partial charge in [-0.2, -0.15) is 0 Å². The molecule has 0 aliphatic rings. The van der Waals surface area contributed by atoms with Crippen molar-refractivity contribution in [3.63, 3.8) is 0 Å². The SMILES string of the molecule is CCCCCCCC(C)(C=O)C(C)=O. The van der Waals surface area contributed by atoms with Crippen molar-refractivity contribution in [2.75, 3.05) is 0 Å². The van der Waals surface area contributed by atoms with Gasteiger partial charge in [-0.05, 0) is 20.3 Å². The lowest BCUT2D eigenvalue weighted by molar-refractivity contribution is -0.132. The Morgan fingerprint density at radius 1 is 1.21 bits per heavy atom. The van der Waals surface area contributed by atoms with E-state index >= 15 is 0 Å². The second-order valence-electron chi connectivity index (χ2n) is 4.26. The second kappa shape index (κ2) is 6.74. The Morgan fingerprint density at radius 2 is 1.79 bits per heavy atom. The van der Waals surface area contributed by atoms with Crippen LogP contribution in [0.4, 0.5) is 0 Å². The number of Topliss-reactive ketones (excluding diaryl/α,β-unsaturated/α-hetero) is 1. The molecule has 0 amide bonds. The molecule has 2 heteroatoms. The van der Waals surface area contributed by atoms with Gasteiger partial charge in [-0.3, -0.25) is 4.79 Å². The highest BCUT2D eigenvalue weighted by molar-refractivity contribution is 5.96. The van der Waals surface area contributed by atoms with Crippen LogP contribution in [0.1, 0.15) is 59.3 Å². The number of hydrogen-bond donors (Lipinski definition) is 0. The molecule has 82 valence electrons. The summed E-state index contributed by atoms with van der Waals surface area (Å²) in [5, 5.41) is 0. The van der Waals surface area contributed by atoms with E-state index in [4.69, 9.17) is 0 Å². The van der Waals surface area contributed by atoms with Crippen LogP contribution in [0.2, 0.25) is 0 Å². The third-order valence-electron chi connectivity index (χ3n) is 2.86. The zero-order valence-corrected chi connectivity index (χ0v) is 9.64. The predicted octanol–water partition coefficient (Wildman–Crippen LogP) is 3.14. The number of hydrogen-bond acceptors (Lipinski definition) is 2. The normalized spacial score (nSPS) is 14.8. The Balaban J connectivity index is 3.74. The summed E-state index contributed by atoms with van der Waals surface area (Å²) in [4.78, 5) is 22.0. The van der Waals surface area contributed by atoms with Crippen molar-refractivity contribution in [2.24, 2.45) is 5.41 Å². The first-order valence-electron chi connectivity index (χ1n) is 5.54. The highest BCUT2D eigenvalue weighted by atomic mass is 16.1. The lowest BCUT2D eigenvalue weighted by Gasteiger charge is -2.18. The van der Waals surface area contributed by atoms with Gasteiger partial charge in [0.1, 0.15) is 12.1 Å². The largest absolute Gasteiger partial charge is 0.302 e. The molecular weight excluding hydrogens is 176 g/mol. The summed E-state index contributed by atoms with van der Waals surface area (Å²) in [6, 6.07) is 0. The lowest BCUT2D eigenvalue weighted by Crippen LogP contribution is -2.27. The van der Waals surface area contributed by atoms with Crippen molar-refractivity contribution >= 4 is 12.1 Å². The van der Waals surface area contributed by atoms with Crippen molar-refractivity contribution in [3.8, 4) is 0 Å². The average molecular weight is 198 g/mol. The molecule has 0 heterocycles. The molecular formula is C12H22O2. The number of rotatable bonds is 8. The van der Waals surface area contributed by atoms with Crippen LogP contribution >= 0.6 is 0 Å². The van der Waals surface area contributed by atoms with Gasteiger partial charge in [-0.25, -0.2) is 0 Å². The molecule has 0 aliphatic heterocycles. The van der Waals surface area contributed by atoms with Gasteiger partial charge in [0.2, 0.25) is 0 Å². The molecule has 14 heavy (non-hydrogen) atoms. The van der Waals surface area contributed by atoms with E-state index in [1.54, 1.807) is 6.92 Å². The van der Waals surface area contributed by atoms with Crippen LogP contribution < -0.4 is 0 Å². The number of ketones is 1. The summed E-state index contributed by atoms with van der Waals surface area (Å²) in [5.41, 5.74) is -0.730. The number of carbonyl (C=O) groups excluding carboxylic acids is 2. The maximum atomic E-state index is 11.2. The molecule has 0 saturated carbocycles. The smallest absolute Gasteiger partial charge is 0.142 e. The van der Waals surface area contributed by atoms with E-state index < -0.39 is 5.41 Å². The molecule has 0 spiro atoms. The zero-order valence-electron chi connectivity index (χ0n) is 9.64. The number of unbranched alkanes of at least 4 members (excludes halogenated alkanes) is 4. The van der Waals surface area contributed by atoms with E-state index in [-0.39, 0.29) is 5.78 Å². The van der Waals surface area contributed by atoms with Crippen molar-refractivity contribution in [1.82, 2.24) is 0 Å². The van der Waals surface area contributed by atoms with E-state index in [0.29, 0.717) is 6.42 Å². The average Bonchev–Trinajstić information content (AvgIpc) is 2.17. The lowest BCUT2D eigenvalue weighted by atomic mass is 9.82. The highest BCUT2D eigenvalue weighted by Gasteiger charge is 2.28. The minimum absolute atomic E-state index is 0.0111. The van der Waals surface area contributed by atoms with Gasteiger partial charge in [0.25, 0.3) is 0 Å². The van der Waals surface area contributed by atoms with E-state index in [1.165, 1.54) is 26.2 Å².